The lowest BCUT2D eigenvalue weighted by molar-refractivity contribution is 0.119. The van der Waals surface area contributed by atoms with Gasteiger partial charge in [-0.15, -0.1) is 35.3 Å². The second kappa shape index (κ2) is 13.1. The number of halogens is 1. The summed E-state index contributed by atoms with van der Waals surface area (Å²) in [6, 6.07) is 8.33. The van der Waals surface area contributed by atoms with E-state index in [-0.39, 0.29) is 30.1 Å². The minimum absolute atomic E-state index is 0. The molecule has 0 saturated carbocycles. The maximum Gasteiger partial charge on any atom is 0.194 e. The van der Waals surface area contributed by atoms with E-state index in [0.717, 1.165) is 28.8 Å². The Labute approximate surface area is 189 Å². The number of guanidine groups is 1. The van der Waals surface area contributed by atoms with Gasteiger partial charge in [0.05, 0.1) is 25.4 Å². The predicted molar refractivity (Wildman–Crippen MR) is 126 cm³/mol. The van der Waals surface area contributed by atoms with Crippen LogP contribution in [0.25, 0.3) is 0 Å². The summed E-state index contributed by atoms with van der Waals surface area (Å²) in [5, 5.41) is 6.44. The highest BCUT2D eigenvalue weighted by molar-refractivity contribution is 14.0. The second-order valence-electron chi connectivity index (χ2n) is 6.33. The van der Waals surface area contributed by atoms with Gasteiger partial charge >= 0.3 is 0 Å². The molecule has 1 unspecified atom stereocenters. The molecule has 0 fully saturated rings. The molecule has 156 valence electrons. The molecule has 0 aliphatic rings. The van der Waals surface area contributed by atoms with Crippen LogP contribution in [-0.4, -0.2) is 43.7 Å². The normalized spacial score (nSPS) is 12.4. The van der Waals surface area contributed by atoms with Crippen LogP contribution < -0.4 is 5.32 Å². The molecule has 0 amide bonds. The van der Waals surface area contributed by atoms with Crippen LogP contribution in [0, 0.1) is 0 Å². The van der Waals surface area contributed by atoms with E-state index >= 15 is 0 Å². The van der Waals surface area contributed by atoms with Crippen LogP contribution in [0.1, 0.15) is 41.8 Å². The summed E-state index contributed by atoms with van der Waals surface area (Å²) in [7, 11) is 5.44. The molecule has 0 bridgehead atoms. The lowest BCUT2D eigenvalue weighted by atomic mass is 10.1. The van der Waals surface area contributed by atoms with Crippen LogP contribution in [0.2, 0.25) is 0 Å². The molecule has 1 aromatic heterocycles. The molecule has 0 aliphatic carbocycles. The fourth-order valence-electron chi connectivity index (χ4n) is 2.62. The fourth-order valence-corrected chi connectivity index (χ4v) is 3.46. The standard InChI is InChI=1S/C20H30N4O2S.HI/c1-6-21-20(22-11-16-8-7-9-17(10-16)13-25-4)24(3)12-18-14-27-19(23-18)15(2)26-5;/h7-10,14-15H,6,11-13H2,1-5H3,(H,21,22);1H. The Kier molecular flexibility index (Phi) is 11.6. The van der Waals surface area contributed by atoms with Gasteiger partial charge in [-0.1, -0.05) is 24.3 Å². The molecular formula is C20H31IN4O2S. The molecule has 8 heteroatoms. The second-order valence-corrected chi connectivity index (χ2v) is 7.22. The van der Waals surface area contributed by atoms with Gasteiger partial charge in [-0.05, 0) is 25.0 Å². The minimum Gasteiger partial charge on any atom is -0.380 e. The Morgan fingerprint density at radius 3 is 2.75 bits per heavy atom. The Balaban J connectivity index is 0.00000392. The van der Waals surface area contributed by atoms with E-state index in [4.69, 9.17) is 14.5 Å². The highest BCUT2D eigenvalue weighted by Gasteiger charge is 2.12. The van der Waals surface area contributed by atoms with Crippen LogP contribution in [0.3, 0.4) is 0 Å². The smallest absolute Gasteiger partial charge is 0.194 e. The number of hydrogen-bond donors (Lipinski definition) is 1. The lowest BCUT2D eigenvalue weighted by Gasteiger charge is -2.21. The number of aliphatic imine (C=N–C) groups is 1. The molecule has 6 nitrogen and oxygen atoms in total. The van der Waals surface area contributed by atoms with Crippen molar-refractivity contribution >= 4 is 41.3 Å². The van der Waals surface area contributed by atoms with Crippen molar-refractivity contribution in [2.75, 3.05) is 27.8 Å². The maximum absolute atomic E-state index is 5.34. The molecular weight excluding hydrogens is 487 g/mol. The predicted octanol–water partition coefficient (Wildman–Crippen LogP) is 4.21. The molecule has 1 N–H and O–H groups in total. The van der Waals surface area contributed by atoms with Gasteiger partial charge in [-0.25, -0.2) is 9.98 Å². The SMILES string of the molecule is CCNC(=NCc1cccc(COC)c1)N(C)Cc1csc(C(C)OC)n1.I. The van der Waals surface area contributed by atoms with E-state index in [1.807, 2.05) is 20.0 Å². The number of thiazole rings is 1. The maximum atomic E-state index is 5.34. The van der Waals surface area contributed by atoms with E-state index in [2.05, 4.69) is 45.7 Å². The molecule has 28 heavy (non-hydrogen) atoms. The quantitative estimate of drug-likeness (QED) is 0.306. The van der Waals surface area contributed by atoms with Gasteiger partial charge in [0, 0.05) is 33.2 Å². The fraction of sp³-hybridized carbons (Fsp3) is 0.500. The van der Waals surface area contributed by atoms with Crippen molar-refractivity contribution in [3.63, 3.8) is 0 Å². The van der Waals surface area contributed by atoms with E-state index in [0.29, 0.717) is 19.7 Å². The minimum atomic E-state index is 0. The van der Waals surface area contributed by atoms with E-state index in [1.165, 1.54) is 5.56 Å². The zero-order valence-electron chi connectivity index (χ0n) is 17.3. The van der Waals surface area contributed by atoms with E-state index < -0.39 is 0 Å². The highest BCUT2D eigenvalue weighted by Crippen LogP contribution is 2.21. The summed E-state index contributed by atoms with van der Waals surface area (Å²) in [4.78, 5) is 11.5. The Morgan fingerprint density at radius 2 is 2.07 bits per heavy atom. The van der Waals surface area contributed by atoms with Crippen molar-refractivity contribution in [3.8, 4) is 0 Å². The number of hydrogen-bond acceptors (Lipinski definition) is 5. The summed E-state index contributed by atoms with van der Waals surface area (Å²) in [6.45, 7) is 6.83. The number of aromatic nitrogens is 1. The van der Waals surface area contributed by atoms with Crippen LogP contribution in [0.5, 0.6) is 0 Å². The van der Waals surface area contributed by atoms with Gasteiger partial charge in [0.15, 0.2) is 5.96 Å². The zero-order valence-corrected chi connectivity index (χ0v) is 20.4. The zero-order chi connectivity index (χ0) is 19.6. The Bertz CT molecular complexity index is 739. The molecule has 0 aliphatic heterocycles. The molecule has 0 radical (unpaired) electrons. The van der Waals surface area contributed by atoms with Gasteiger partial charge in [0.2, 0.25) is 0 Å². The van der Waals surface area contributed by atoms with Crippen LogP contribution in [0.15, 0.2) is 34.6 Å². The van der Waals surface area contributed by atoms with Crippen LogP contribution in [-0.2, 0) is 29.2 Å². The van der Waals surface area contributed by atoms with Gasteiger partial charge in [0.25, 0.3) is 0 Å². The van der Waals surface area contributed by atoms with E-state index in [1.54, 1.807) is 25.6 Å². The number of methoxy groups -OCH3 is 2. The van der Waals surface area contributed by atoms with Gasteiger partial charge in [0.1, 0.15) is 11.1 Å². The molecule has 2 rings (SSSR count). The van der Waals surface area contributed by atoms with Crippen LogP contribution >= 0.6 is 35.3 Å². The van der Waals surface area contributed by atoms with Crippen molar-refractivity contribution in [1.82, 2.24) is 15.2 Å². The molecule has 0 saturated heterocycles. The topological polar surface area (TPSA) is 59.0 Å². The average Bonchev–Trinajstić information content (AvgIpc) is 3.13. The van der Waals surface area contributed by atoms with Crippen molar-refractivity contribution in [2.45, 2.75) is 39.6 Å². The summed E-state index contributed by atoms with van der Waals surface area (Å²) in [5.74, 6) is 0.865. The molecule has 1 heterocycles. The third kappa shape index (κ3) is 7.65. The molecule has 2 aromatic rings. The summed E-state index contributed by atoms with van der Waals surface area (Å²) in [5.41, 5.74) is 3.35. The van der Waals surface area contributed by atoms with Gasteiger partial charge < -0.3 is 19.7 Å². The Morgan fingerprint density at radius 1 is 1.32 bits per heavy atom. The van der Waals surface area contributed by atoms with Crippen LogP contribution in [0.4, 0.5) is 0 Å². The highest BCUT2D eigenvalue weighted by atomic mass is 127. The molecule has 1 aromatic carbocycles. The number of rotatable bonds is 9. The Hall–Kier alpha value is -1.23. The first-order valence-corrected chi connectivity index (χ1v) is 9.98. The van der Waals surface area contributed by atoms with Gasteiger partial charge in [-0.2, -0.15) is 0 Å². The number of nitrogens with one attached hydrogen (secondary N) is 1. The third-order valence-electron chi connectivity index (χ3n) is 4.08. The summed E-state index contributed by atoms with van der Waals surface area (Å²) >= 11 is 1.63. The summed E-state index contributed by atoms with van der Waals surface area (Å²) < 4.78 is 10.6. The van der Waals surface area contributed by atoms with Crippen molar-refractivity contribution < 1.29 is 9.47 Å². The van der Waals surface area contributed by atoms with E-state index in [9.17, 15) is 0 Å². The van der Waals surface area contributed by atoms with Crippen molar-refractivity contribution in [2.24, 2.45) is 4.99 Å². The number of ether oxygens (including phenoxy) is 2. The number of benzene rings is 1. The van der Waals surface area contributed by atoms with Crippen molar-refractivity contribution in [1.29, 1.82) is 0 Å². The van der Waals surface area contributed by atoms with Gasteiger partial charge in [-0.3, -0.25) is 0 Å². The largest absolute Gasteiger partial charge is 0.380 e. The lowest BCUT2D eigenvalue weighted by Crippen LogP contribution is -2.38. The average molecular weight is 518 g/mol. The van der Waals surface area contributed by atoms with Crippen molar-refractivity contribution in [3.05, 3.63) is 51.5 Å². The number of nitrogens with zero attached hydrogens (tertiary/aromatic N) is 3. The molecule has 1 atom stereocenters. The molecule has 0 spiro atoms. The first-order chi connectivity index (χ1) is 13.1. The first-order valence-electron chi connectivity index (χ1n) is 9.10. The third-order valence-corrected chi connectivity index (χ3v) is 5.13. The summed E-state index contributed by atoms with van der Waals surface area (Å²) in [6.07, 6.45) is 0.0235. The first kappa shape index (κ1) is 24.8. The monoisotopic (exact) mass is 518 g/mol.